The van der Waals surface area contributed by atoms with Crippen LogP contribution < -0.4 is 5.32 Å². The van der Waals surface area contributed by atoms with Crippen molar-refractivity contribution in [1.82, 2.24) is 4.98 Å². The highest BCUT2D eigenvalue weighted by atomic mass is 14.9. The van der Waals surface area contributed by atoms with E-state index in [9.17, 15) is 5.41 Å². The summed E-state index contributed by atoms with van der Waals surface area (Å²) in [7, 11) is 0. The van der Waals surface area contributed by atoms with Crippen LogP contribution in [-0.2, 0) is 5.41 Å². The molecule has 1 aliphatic carbocycles. The third-order valence-electron chi connectivity index (χ3n) is 11.0. The van der Waals surface area contributed by atoms with Gasteiger partial charge in [0, 0.05) is 57.7 Å². The van der Waals surface area contributed by atoms with Crippen LogP contribution in [-0.4, -0.2) is 28.6 Å². The van der Waals surface area contributed by atoms with Gasteiger partial charge in [0.2, 0.25) is 0 Å². The maximum absolute atomic E-state index is 9.61. The monoisotopic (exact) mass is 748 g/mol. The molecule has 1 aromatic heterocycles. The molecule has 58 heavy (non-hydrogen) atoms. The summed E-state index contributed by atoms with van der Waals surface area (Å²) >= 11 is 0. The van der Waals surface area contributed by atoms with Crippen LogP contribution in [0.1, 0.15) is 52.8 Å². The molecule has 6 nitrogen and oxygen atoms in total. The lowest BCUT2D eigenvalue weighted by atomic mass is 9.81. The zero-order chi connectivity index (χ0) is 39.6. The van der Waals surface area contributed by atoms with Gasteiger partial charge in [0.15, 0.2) is 11.7 Å². The van der Waals surface area contributed by atoms with Crippen molar-refractivity contribution < 1.29 is 0 Å². The Kier molecular flexibility index (Phi) is 9.44. The number of aromatic nitrogens is 1. The largest absolute Gasteiger partial charge is 0.355 e. The van der Waals surface area contributed by atoms with Crippen molar-refractivity contribution in [1.29, 1.82) is 10.8 Å². The van der Waals surface area contributed by atoms with E-state index in [-0.39, 0.29) is 11.3 Å². The number of hydrogen-bond acceptors (Lipinski definition) is 4. The Labute approximate surface area is 338 Å². The predicted octanol–water partition coefficient (Wildman–Crippen LogP) is 12.3. The zero-order valence-electron chi connectivity index (χ0n) is 32.2. The van der Waals surface area contributed by atoms with Crippen molar-refractivity contribution in [2.45, 2.75) is 19.3 Å². The van der Waals surface area contributed by atoms with Crippen LogP contribution >= 0.6 is 0 Å². The first-order valence-corrected chi connectivity index (χ1v) is 19.3. The van der Waals surface area contributed by atoms with Gasteiger partial charge in [-0.2, -0.15) is 0 Å². The molecule has 0 spiro atoms. The van der Waals surface area contributed by atoms with E-state index < -0.39 is 0 Å². The summed E-state index contributed by atoms with van der Waals surface area (Å²) in [5.74, 6) is 0.649. The predicted molar refractivity (Wildman–Crippen MR) is 241 cm³/mol. The number of fused-ring (bicyclic) bond motifs is 4. The Bertz CT molecular complexity index is 2910. The average Bonchev–Trinajstić information content (AvgIpc) is 3.50. The van der Waals surface area contributed by atoms with Gasteiger partial charge in [-0.1, -0.05) is 147 Å². The van der Waals surface area contributed by atoms with Crippen LogP contribution in [0, 0.1) is 10.8 Å². The molecular weight excluding hydrogens is 709 g/mol. The molecule has 0 aliphatic heterocycles. The summed E-state index contributed by atoms with van der Waals surface area (Å²) in [6.45, 7) is 4.56. The molecule has 0 radical (unpaired) electrons. The van der Waals surface area contributed by atoms with Crippen LogP contribution in [0.25, 0.3) is 33.0 Å². The van der Waals surface area contributed by atoms with Gasteiger partial charge in [-0.15, -0.1) is 0 Å². The minimum atomic E-state index is -0.267. The molecule has 8 aromatic rings. The van der Waals surface area contributed by atoms with Gasteiger partial charge < -0.3 is 5.32 Å². The van der Waals surface area contributed by atoms with Gasteiger partial charge in [-0.05, 0) is 86.1 Å². The van der Waals surface area contributed by atoms with Gasteiger partial charge in [0.25, 0.3) is 0 Å². The highest BCUT2D eigenvalue weighted by Crippen LogP contribution is 2.50. The van der Waals surface area contributed by atoms with Crippen LogP contribution in [0.5, 0.6) is 0 Å². The molecule has 7 aromatic carbocycles. The van der Waals surface area contributed by atoms with Crippen molar-refractivity contribution in [3.63, 3.8) is 0 Å². The van der Waals surface area contributed by atoms with Crippen LogP contribution in [0.3, 0.4) is 0 Å². The quantitative estimate of drug-likeness (QED) is 0.106. The number of aliphatic imine (C=N–C) groups is 2. The molecule has 278 valence electrons. The molecule has 0 bridgehead atoms. The molecule has 0 saturated carbocycles. The van der Waals surface area contributed by atoms with Crippen molar-refractivity contribution >= 4 is 45.7 Å². The molecule has 9 rings (SSSR count). The standard InChI is InChI=1S/C52H40N6/c1-52(2)45-30-34(33-56-51(37-15-7-4-8-16-37)58-50(54)36-13-5-3-6-14-36)20-23-43(45)44-24-21-39(32-46(44)52)38-17-11-18-40(31-38)49(53)48-42-19-10-9-12-35(42)22-25-47(48)57-41-26-28-55-29-27-41/h3-33,53-54H,1-2H3,(H,55,57). The lowest BCUT2D eigenvalue weighted by molar-refractivity contribution is 0.660. The molecule has 0 fully saturated rings. The minimum absolute atomic E-state index is 0.164. The Morgan fingerprint density at radius 1 is 0.603 bits per heavy atom. The van der Waals surface area contributed by atoms with E-state index in [1.165, 1.54) is 22.3 Å². The molecule has 1 heterocycles. The summed E-state index contributed by atoms with van der Waals surface area (Å²) < 4.78 is 0. The van der Waals surface area contributed by atoms with E-state index in [2.05, 4.69) is 102 Å². The maximum atomic E-state index is 9.61. The second-order valence-electron chi connectivity index (χ2n) is 15.0. The number of nitrogens with one attached hydrogen (secondary N) is 3. The molecule has 0 amide bonds. The van der Waals surface area contributed by atoms with Gasteiger partial charge in [-0.3, -0.25) is 15.8 Å². The number of rotatable bonds is 8. The normalized spacial score (nSPS) is 13.0. The van der Waals surface area contributed by atoms with Crippen LogP contribution in [0.2, 0.25) is 0 Å². The highest BCUT2D eigenvalue weighted by Gasteiger charge is 2.35. The molecule has 6 heteroatoms. The van der Waals surface area contributed by atoms with Gasteiger partial charge in [0.05, 0.1) is 5.71 Å². The fraction of sp³-hybridized carbons (Fsp3) is 0.0577. The minimum Gasteiger partial charge on any atom is -0.355 e. The Balaban J connectivity index is 1.02. The van der Waals surface area contributed by atoms with Gasteiger partial charge in [-0.25, -0.2) is 9.98 Å². The number of amidine groups is 2. The maximum Gasteiger partial charge on any atom is 0.161 e. The number of benzene rings is 7. The summed E-state index contributed by atoms with van der Waals surface area (Å²) in [4.78, 5) is 13.7. The summed E-state index contributed by atoms with van der Waals surface area (Å²) in [6, 6.07) is 57.2. The lowest BCUT2D eigenvalue weighted by Crippen LogP contribution is -2.15. The number of anilines is 2. The second kappa shape index (κ2) is 15.2. The van der Waals surface area contributed by atoms with E-state index in [1.807, 2.05) is 103 Å². The molecule has 0 unspecified atom stereocenters. The van der Waals surface area contributed by atoms with Gasteiger partial charge in [0.1, 0.15) is 0 Å². The molecular formula is C52H40N6. The first-order valence-electron chi connectivity index (χ1n) is 19.3. The fourth-order valence-electron chi connectivity index (χ4n) is 7.91. The Hall–Kier alpha value is -7.57. The first-order chi connectivity index (χ1) is 28.3. The van der Waals surface area contributed by atoms with Crippen LogP contribution in [0.4, 0.5) is 11.4 Å². The lowest BCUT2D eigenvalue weighted by Gasteiger charge is -2.22. The van der Waals surface area contributed by atoms with E-state index in [0.29, 0.717) is 11.5 Å². The topological polar surface area (TPSA) is 97.3 Å². The van der Waals surface area contributed by atoms with Crippen molar-refractivity contribution in [2.75, 3.05) is 5.32 Å². The van der Waals surface area contributed by atoms with E-state index in [0.717, 1.165) is 61.1 Å². The van der Waals surface area contributed by atoms with E-state index in [4.69, 9.17) is 10.4 Å². The van der Waals surface area contributed by atoms with Crippen molar-refractivity contribution in [2.24, 2.45) is 9.98 Å². The third-order valence-corrected chi connectivity index (χ3v) is 11.0. The molecule has 1 aliphatic rings. The van der Waals surface area contributed by atoms with Gasteiger partial charge >= 0.3 is 0 Å². The number of hydrogen-bond donors (Lipinski definition) is 3. The second-order valence-corrected chi connectivity index (χ2v) is 15.0. The molecule has 0 atom stereocenters. The summed E-state index contributed by atoms with van der Waals surface area (Å²) in [6.07, 6.45) is 5.38. The molecule has 0 saturated heterocycles. The van der Waals surface area contributed by atoms with E-state index in [1.54, 1.807) is 12.4 Å². The zero-order valence-corrected chi connectivity index (χ0v) is 32.2. The third kappa shape index (κ3) is 6.92. The number of pyridine rings is 1. The SMILES string of the molecule is CC1(C)c2cc(C=NC(=NC(=N)c3ccccc3)c3ccccc3)ccc2-c2ccc(-c3cccc(C(=N)c4c(Nc5ccncc5)ccc5ccccc45)c3)cc21. The summed E-state index contributed by atoms with van der Waals surface area (Å²) in [5.41, 5.74) is 13.3. The average molecular weight is 749 g/mol. The molecule has 3 N–H and O–H groups in total. The van der Waals surface area contributed by atoms with Crippen LogP contribution in [0.15, 0.2) is 192 Å². The Morgan fingerprint density at radius 2 is 1.26 bits per heavy atom. The highest BCUT2D eigenvalue weighted by molar-refractivity contribution is 6.22. The fourth-order valence-corrected chi connectivity index (χ4v) is 7.91. The Morgan fingerprint density at radius 3 is 2.03 bits per heavy atom. The van der Waals surface area contributed by atoms with Crippen molar-refractivity contribution in [3.8, 4) is 22.3 Å². The smallest absolute Gasteiger partial charge is 0.161 e. The van der Waals surface area contributed by atoms with Crippen molar-refractivity contribution in [3.05, 3.63) is 221 Å². The first kappa shape index (κ1) is 36.1. The summed E-state index contributed by atoms with van der Waals surface area (Å²) in [5, 5.41) is 23.9. The number of nitrogens with zero attached hydrogens (tertiary/aromatic N) is 3. The van der Waals surface area contributed by atoms with E-state index >= 15 is 0 Å².